The first kappa shape index (κ1) is 17.5. The Balaban J connectivity index is 1.76. The maximum absolute atomic E-state index is 12.1. The quantitative estimate of drug-likeness (QED) is 0.870. The minimum Gasteiger partial charge on any atom is -0.353 e. The fourth-order valence-corrected chi connectivity index (χ4v) is 2.91. The maximum Gasteiger partial charge on any atom is 0.225 e. The summed E-state index contributed by atoms with van der Waals surface area (Å²) in [6.45, 7) is 5.27. The largest absolute Gasteiger partial charge is 0.353 e. The number of carbonyl (C=O) groups is 2. The molecule has 5 nitrogen and oxygen atoms in total. The van der Waals surface area contributed by atoms with E-state index in [9.17, 15) is 9.59 Å². The van der Waals surface area contributed by atoms with Crippen LogP contribution < -0.4 is 11.1 Å². The van der Waals surface area contributed by atoms with Crippen LogP contribution in [0.2, 0.25) is 0 Å². The summed E-state index contributed by atoms with van der Waals surface area (Å²) >= 11 is 0. The van der Waals surface area contributed by atoms with Crippen LogP contribution in [-0.4, -0.2) is 35.8 Å². The summed E-state index contributed by atoms with van der Waals surface area (Å²) < 4.78 is 0. The fourth-order valence-electron chi connectivity index (χ4n) is 2.91. The molecule has 3 N–H and O–H groups in total. The smallest absolute Gasteiger partial charge is 0.225 e. The number of benzene rings is 1. The molecule has 0 saturated carbocycles. The molecule has 0 bridgehead atoms. The van der Waals surface area contributed by atoms with Crippen molar-refractivity contribution < 1.29 is 9.59 Å². The maximum atomic E-state index is 12.1. The molecular formula is C18H27N3O2. The molecule has 1 saturated heterocycles. The summed E-state index contributed by atoms with van der Waals surface area (Å²) in [4.78, 5) is 26.0. The second-order valence-electron chi connectivity index (χ2n) is 6.54. The van der Waals surface area contributed by atoms with Crippen molar-refractivity contribution in [1.29, 1.82) is 0 Å². The topological polar surface area (TPSA) is 75.4 Å². The van der Waals surface area contributed by atoms with E-state index in [-0.39, 0.29) is 36.2 Å². The average molecular weight is 317 g/mol. The van der Waals surface area contributed by atoms with E-state index in [0.717, 1.165) is 18.4 Å². The third-order valence-electron chi connectivity index (χ3n) is 4.30. The van der Waals surface area contributed by atoms with Gasteiger partial charge in [0.05, 0.1) is 0 Å². The van der Waals surface area contributed by atoms with Gasteiger partial charge in [-0.1, -0.05) is 44.2 Å². The first-order valence-electron chi connectivity index (χ1n) is 8.36. The Bertz CT molecular complexity index is 522. The van der Waals surface area contributed by atoms with Crippen LogP contribution in [-0.2, 0) is 9.59 Å². The molecule has 2 rings (SSSR count). The average Bonchev–Trinajstić information content (AvgIpc) is 2.55. The molecule has 1 aliphatic heterocycles. The van der Waals surface area contributed by atoms with Gasteiger partial charge in [0, 0.05) is 37.5 Å². The van der Waals surface area contributed by atoms with Crippen LogP contribution in [0, 0.1) is 5.92 Å². The van der Waals surface area contributed by atoms with Crippen molar-refractivity contribution in [3.8, 4) is 0 Å². The normalized spacial score (nSPS) is 17.1. The van der Waals surface area contributed by atoms with Crippen molar-refractivity contribution in [1.82, 2.24) is 10.2 Å². The third kappa shape index (κ3) is 5.06. The van der Waals surface area contributed by atoms with E-state index in [1.807, 2.05) is 49.1 Å². The van der Waals surface area contributed by atoms with E-state index < -0.39 is 0 Å². The minimum atomic E-state index is -0.279. The molecule has 0 aliphatic carbocycles. The van der Waals surface area contributed by atoms with E-state index in [2.05, 4.69) is 5.32 Å². The molecule has 2 amide bonds. The van der Waals surface area contributed by atoms with Gasteiger partial charge in [0.25, 0.3) is 0 Å². The number of carbonyl (C=O) groups excluding carboxylic acids is 2. The Labute approximate surface area is 138 Å². The lowest BCUT2D eigenvalue weighted by molar-refractivity contribution is -0.135. The molecule has 23 heavy (non-hydrogen) atoms. The van der Waals surface area contributed by atoms with Gasteiger partial charge in [-0.3, -0.25) is 9.59 Å². The van der Waals surface area contributed by atoms with Gasteiger partial charge >= 0.3 is 0 Å². The number of nitrogens with one attached hydrogen (secondary N) is 1. The highest BCUT2D eigenvalue weighted by Crippen LogP contribution is 2.16. The summed E-state index contributed by atoms with van der Waals surface area (Å²) in [5.74, 6) is 0.209. The summed E-state index contributed by atoms with van der Waals surface area (Å²) in [6, 6.07) is 9.52. The van der Waals surface area contributed by atoms with Gasteiger partial charge in [0.2, 0.25) is 11.8 Å². The van der Waals surface area contributed by atoms with E-state index in [4.69, 9.17) is 5.73 Å². The second-order valence-corrected chi connectivity index (χ2v) is 6.54. The number of rotatable bonds is 5. The van der Waals surface area contributed by atoms with Gasteiger partial charge < -0.3 is 16.0 Å². The lowest BCUT2D eigenvalue weighted by Crippen LogP contribution is -2.47. The summed E-state index contributed by atoms with van der Waals surface area (Å²) in [5, 5.41) is 3.05. The second kappa shape index (κ2) is 8.11. The van der Waals surface area contributed by atoms with Crippen molar-refractivity contribution in [2.75, 3.05) is 13.1 Å². The van der Waals surface area contributed by atoms with Crippen LogP contribution in [0.15, 0.2) is 30.3 Å². The Morgan fingerprint density at radius 3 is 2.39 bits per heavy atom. The molecule has 0 aromatic heterocycles. The molecule has 1 unspecified atom stereocenters. The number of hydrogen-bond donors (Lipinski definition) is 2. The molecule has 5 heteroatoms. The number of nitrogens with zero attached hydrogens (tertiary/aromatic N) is 1. The fraction of sp³-hybridized carbons (Fsp3) is 0.556. The standard InChI is InChI=1S/C18H27N3O2/c1-13(2)18(23)21-10-8-15(9-11-21)20-17(22)12-16(19)14-6-4-3-5-7-14/h3-7,13,15-16H,8-12,19H2,1-2H3,(H,20,22). The zero-order valence-corrected chi connectivity index (χ0v) is 14.0. The lowest BCUT2D eigenvalue weighted by Gasteiger charge is -2.33. The van der Waals surface area contributed by atoms with Crippen LogP contribution in [0.3, 0.4) is 0 Å². The molecule has 126 valence electrons. The van der Waals surface area contributed by atoms with Crippen LogP contribution in [0.4, 0.5) is 0 Å². The number of hydrogen-bond acceptors (Lipinski definition) is 3. The van der Waals surface area contributed by atoms with Gasteiger partial charge in [-0.15, -0.1) is 0 Å². The number of nitrogens with two attached hydrogens (primary N) is 1. The van der Waals surface area contributed by atoms with Crippen LogP contribution in [0.1, 0.15) is 44.7 Å². The Hall–Kier alpha value is -1.88. The van der Waals surface area contributed by atoms with E-state index >= 15 is 0 Å². The SMILES string of the molecule is CC(C)C(=O)N1CCC(NC(=O)CC(N)c2ccccc2)CC1. The van der Waals surface area contributed by atoms with Crippen molar-refractivity contribution in [3.05, 3.63) is 35.9 Å². The van der Waals surface area contributed by atoms with Gasteiger partial charge in [-0.05, 0) is 18.4 Å². The molecule has 0 radical (unpaired) electrons. The predicted octanol–water partition coefficient (Wildman–Crippen LogP) is 1.84. The van der Waals surface area contributed by atoms with E-state index in [1.54, 1.807) is 0 Å². The van der Waals surface area contributed by atoms with E-state index in [1.165, 1.54) is 0 Å². The lowest BCUT2D eigenvalue weighted by atomic mass is 10.0. The molecule has 1 aromatic carbocycles. The molecule has 1 aliphatic rings. The first-order valence-corrected chi connectivity index (χ1v) is 8.36. The Morgan fingerprint density at radius 1 is 1.22 bits per heavy atom. The zero-order chi connectivity index (χ0) is 16.8. The first-order chi connectivity index (χ1) is 11.0. The number of likely N-dealkylation sites (tertiary alicyclic amines) is 1. The minimum absolute atomic E-state index is 0.0185. The van der Waals surface area contributed by atoms with E-state index in [0.29, 0.717) is 13.1 Å². The summed E-state index contributed by atoms with van der Waals surface area (Å²) in [7, 11) is 0. The van der Waals surface area contributed by atoms with Crippen LogP contribution >= 0.6 is 0 Å². The van der Waals surface area contributed by atoms with Gasteiger partial charge in [-0.2, -0.15) is 0 Å². The highest BCUT2D eigenvalue weighted by Gasteiger charge is 2.25. The molecule has 1 atom stereocenters. The summed E-state index contributed by atoms with van der Waals surface area (Å²) in [6.07, 6.45) is 1.91. The predicted molar refractivity (Wildman–Crippen MR) is 90.6 cm³/mol. The van der Waals surface area contributed by atoms with Crippen LogP contribution in [0.25, 0.3) is 0 Å². The van der Waals surface area contributed by atoms with Crippen molar-refractivity contribution in [2.24, 2.45) is 11.7 Å². The van der Waals surface area contributed by atoms with Crippen molar-refractivity contribution in [3.63, 3.8) is 0 Å². The van der Waals surface area contributed by atoms with Gasteiger partial charge in [0.1, 0.15) is 0 Å². The third-order valence-corrected chi connectivity index (χ3v) is 4.30. The van der Waals surface area contributed by atoms with Crippen molar-refractivity contribution in [2.45, 2.75) is 45.2 Å². The highest BCUT2D eigenvalue weighted by atomic mass is 16.2. The van der Waals surface area contributed by atoms with Crippen LogP contribution in [0.5, 0.6) is 0 Å². The summed E-state index contributed by atoms with van der Waals surface area (Å²) in [5.41, 5.74) is 7.05. The Morgan fingerprint density at radius 2 is 1.83 bits per heavy atom. The Kier molecular flexibility index (Phi) is 6.16. The molecule has 1 fully saturated rings. The van der Waals surface area contributed by atoms with Crippen molar-refractivity contribution >= 4 is 11.8 Å². The van der Waals surface area contributed by atoms with Gasteiger partial charge in [0.15, 0.2) is 0 Å². The monoisotopic (exact) mass is 317 g/mol. The zero-order valence-electron chi connectivity index (χ0n) is 14.0. The molecule has 1 heterocycles. The molecule has 1 aromatic rings. The number of piperidine rings is 1. The number of amides is 2. The molecule has 0 spiro atoms. The van der Waals surface area contributed by atoms with Gasteiger partial charge in [-0.25, -0.2) is 0 Å². The molecular weight excluding hydrogens is 290 g/mol. The highest BCUT2D eigenvalue weighted by molar-refractivity contribution is 5.78.